The molecule has 8 heteroatoms. The van der Waals surface area contributed by atoms with Crippen LogP contribution in [0.25, 0.3) is 11.4 Å². The van der Waals surface area contributed by atoms with Crippen LogP contribution in [0.2, 0.25) is 0 Å². The molecule has 0 aliphatic carbocycles. The van der Waals surface area contributed by atoms with E-state index < -0.39 is 0 Å². The molecular weight excluding hydrogens is 428 g/mol. The Kier molecular flexibility index (Phi) is 6.40. The minimum Gasteiger partial charge on any atom is -0.497 e. The first-order chi connectivity index (χ1) is 16.6. The fraction of sp³-hybridized carbons (Fsp3) is 0.385. The number of nitrogens with zero attached hydrogens (tertiary/aromatic N) is 6. The molecule has 8 nitrogen and oxygen atoms in total. The molecule has 5 rings (SSSR count). The van der Waals surface area contributed by atoms with Crippen LogP contribution in [0.5, 0.6) is 5.75 Å². The van der Waals surface area contributed by atoms with E-state index in [2.05, 4.69) is 26.8 Å². The maximum atomic E-state index is 13.6. The Labute approximate surface area is 200 Å². The van der Waals surface area contributed by atoms with Gasteiger partial charge in [-0.3, -0.25) is 4.79 Å². The fourth-order valence-electron chi connectivity index (χ4n) is 4.70. The van der Waals surface area contributed by atoms with Gasteiger partial charge in [0.1, 0.15) is 11.6 Å². The van der Waals surface area contributed by atoms with Gasteiger partial charge in [-0.15, -0.1) is 0 Å². The van der Waals surface area contributed by atoms with E-state index in [-0.39, 0.29) is 11.9 Å². The van der Waals surface area contributed by atoms with E-state index in [0.717, 1.165) is 61.8 Å². The molecule has 4 heterocycles. The largest absolute Gasteiger partial charge is 0.497 e. The van der Waals surface area contributed by atoms with Gasteiger partial charge < -0.3 is 19.4 Å². The summed E-state index contributed by atoms with van der Waals surface area (Å²) in [6.45, 7) is 4.55. The minimum atomic E-state index is -0.0693. The second-order valence-electron chi connectivity index (χ2n) is 8.89. The zero-order valence-corrected chi connectivity index (χ0v) is 19.7. The number of pyridine rings is 1. The van der Waals surface area contributed by atoms with Crippen LogP contribution in [-0.4, -0.2) is 77.5 Å². The van der Waals surface area contributed by atoms with Crippen molar-refractivity contribution in [2.45, 2.75) is 18.9 Å². The van der Waals surface area contributed by atoms with Crippen LogP contribution < -0.4 is 9.64 Å². The average Bonchev–Trinajstić information content (AvgIpc) is 3.39. The van der Waals surface area contributed by atoms with Gasteiger partial charge in [-0.05, 0) is 50.2 Å². The molecule has 0 spiro atoms. The Balaban J connectivity index is 1.37. The highest BCUT2D eigenvalue weighted by Crippen LogP contribution is 2.33. The van der Waals surface area contributed by atoms with Gasteiger partial charge >= 0.3 is 0 Å². The molecule has 1 atom stereocenters. The second kappa shape index (κ2) is 9.77. The minimum absolute atomic E-state index is 0.0295. The number of amides is 1. The lowest BCUT2D eigenvalue weighted by Crippen LogP contribution is -2.44. The monoisotopic (exact) mass is 458 g/mol. The quantitative estimate of drug-likeness (QED) is 0.581. The number of likely N-dealkylation sites (tertiary alicyclic amines) is 1. The number of hydrogen-bond acceptors (Lipinski definition) is 7. The van der Waals surface area contributed by atoms with Crippen LogP contribution in [0.4, 0.5) is 5.82 Å². The van der Waals surface area contributed by atoms with Crippen molar-refractivity contribution in [3.05, 3.63) is 66.1 Å². The van der Waals surface area contributed by atoms with Gasteiger partial charge in [0.15, 0.2) is 5.82 Å². The Bertz CT molecular complexity index is 1160. The number of aromatic nitrogens is 3. The summed E-state index contributed by atoms with van der Waals surface area (Å²) in [6.07, 6.45) is 5.36. The molecule has 2 fully saturated rings. The smallest absolute Gasteiger partial charge is 0.254 e. The van der Waals surface area contributed by atoms with Gasteiger partial charge in [0.2, 0.25) is 0 Å². The molecule has 1 amide bonds. The van der Waals surface area contributed by atoms with Gasteiger partial charge in [0, 0.05) is 56.2 Å². The van der Waals surface area contributed by atoms with Crippen molar-refractivity contribution in [1.29, 1.82) is 0 Å². The van der Waals surface area contributed by atoms with Crippen molar-refractivity contribution < 1.29 is 9.53 Å². The number of rotatable bonds is 5. The zero-order valence-electron chi connectivity index (χ0n) is 19.7. The van der Waals surface area contributed by atoms with Crippen molar-refractivity contribution in [3.63, 3.8) is 0 Å². The molecule has 0 N–H and O–H groups in total. The molecule has 2 aromatic heterocycles. The fourth-order valence-corrected chi connectivity index (χ4v) is 4.70. The molecule has 2 aliphatic rings. The first-order valence-electron chi connectivity index (χ1n) is 11.8. The summed E-state index contributed by atoms with van der Waals surface area (Å²) in [7, 11) is 3.78. The predicted octanol–water partition coefficient (Wildman–Crippen LogP) is 3.28. The standard InChI is InChI=1S/C26H30N6O2/c1-30-13-15-31(16-14-30)24-18-20(8-10-27-24)26(33)32-12-4-7-23(32)22-9-11-28-25(29-22)19-5-3-6-21(17-19)34-2/h3,5-6,8-11,17-18,23H,4,7,12-16H2,1-2H3/t23-/m1/s1. The van der Waals surface area contributed by atoms with E-state index in [1.54, 1.807) is 19.5 Å². The summed E-state index contributed by atoms with van der Waals surface area (Å²) in [5, 5.41) is 0. The summed E-state index contributed by atoms with van der Waals surface area (Å²) in [5.41, 5.74) is 2.44. The summed E-state index contributed by atoms with van der Waals surface area (Å²) in [6, 6.07) is 13.3. The predicted molar refractivity (Wildman–Crippen MR) is 131 cm³/mol. The number of piperazine rings is 1. The summed E-state index contributed by atoms with van der Waals surface area (Å²) < 4.78 is 5.34. The molecule has 2 aliphatic heterocycles. The van der Waals surface area contributed by atoms with Crippen LogP contribution in [-0.2, 0) is 0 Å². The maximum Gasteiger partial charge on any atom is 0.254 e. The van der Waals surface area contributed by atoms with E-state index in [0.29, 0.717) is 17.9 Å². The molecule has 0 bridgehead atoms. The van der Waals surface area contributed by atoms with E-state index in [1.807, 2.05) is 47.4 Å². The summed E-state index contributed by atoms with van der Waals surface area (Å²) in [5.74, 6) is 2.30. The molecule has 176 valence electrons. The van der Waals surface area contributed by atoms with E-state index in [9.17, 15) is 4.79 Å². The highest BCUT2D eigenvalue weighted by molar-refractivity contribution is 5.95. The Morgan fingerprint density at radius 2 is 1.82 bits per heavy atom. The molecular formula is C26H30N6O2. The number of methoxy groups -OCH3 is 1. The maximum absolute atomic E-state index is 13.6. The lowest BCUT2D eigenvalue weighted by molar-refractivity contribution is 0.0732. The number of likely N-dealkylation sites (N-methyl/N-ethyl adjacent to an activating group) is 1. The molecule has 3 aromatic rings. The first-order valence-corrected chi connectivity index (χ1v) is 11.8. The van der Waals surface area contributed by atoms with Gasteiger partial charge in [-0.2, -0.15) is 0 Å². The van der Waals surface area contributed by atoms with E-state index in [4.69, 9.17) is 9.72 Å². The van der Waals surface area contributed by atoms with Crippen molar-refractivity contribution in [2.24, 2.45) is 0 Å². The Morgan fingerprint density at radius 3 is 2.65 bits per heavy atom. The number of hydrogen-bond donors (Lipinski definition) is 0. The second-order valence-corrected chi connectivity index (χ2v) is 8.89. The van der Waals surface area contributed by atoms with Crippen LogP contribution in [0.1, 0.15) is 34.9 Å². The first kappa shape index (κ1) is 22.3. The van der Waals surface area contributed by atoms with Gasteiger partial charge in [-0.1, -0.05) is 12.1 Å². The number of benzene rings is 1. The normalized spacial score (nSPS) is 18.8. The highest BCUT2D eigenvalue weighted by Gasteiger charge is 2.32. The molecule has 0 saturated carbocycles. The number of carbonyl (C=O) groups is 1. The molecule has 0 unspecified atom stereocenters. The van der Waals surface area contributed by atoms with Crippen molar-refractivity contribution in [2.75, 3.05) is 51.8 Å². The number of carbonyl (C=O) groups excluding carboxylic acids is 1. The van der Waals surface area contributed by atoms with Crippen LogP contribution in [0, 0.1) is 0 Å². The van der Waals surface area contributed by atoms with Gasteiger partial charge in [0.05, 0.1) is 18.8 Å². The SMILES string of the molecule is COc1cccc(-c2nccc([C@H]3CCCN3C(=O)c3ccnc(N4CCN(C)CC4)c3)n2)c1. The lowest BCUT2D eigenvalue weighted by atomic mass is 10.1. The van der Waals surface area contributed by atoms with Gasteiger partial charge in [-0.25, -0.2) is 15.0 Å². The highest BCUT2D eigenvalue weighted by atomic mass is 16.5. The van der Waals surface area contributed by atoms with Crippen LogP contribution >= 0.6 is 0 Å². The Morgan fingerprint density at radius 1 is 1.00 bits per heavy atom. The molecule has 0 radical (unpaired) electrons. The average molecular weight is 459 g/mol. The molecule has 2 saturated heterocycles. The third kappa shape index (κ3) is 4.59. The lowest BCUT2D eigenvalue weighted by Gasteiger charge is -2.33. The zero-order chi connectivity index (χ0) is 23.5. The van der Waals surface area contributed by atoms with Crippen LogP contribution in [0.15, 0.2) is 54.9 Å². The van der Waals surface area contributed by atoms with E-state index >= 15 is 0 Å². The number of anilines is 1. The number of ether oxygens (including phenoxy) is 1. The molecule has 34 heavy (non-hydrogen) atoms. The van der Waals surface area contributed by atoms with Crippen LogP contribution in [0.3, 0.4) is 0 Å². The topological polar surface area (TPSA) is 74.7 Å². The molecule has 1 aromatic carbocycles. The Hall–Kier alpha value is -3.52. The van der Waals surface area contributed by atoms with Crippen molar-refractivity contribution >= 4 is 11.7 Å². The van der Waals surface area contributed by atoms with Crippen molar-refractivity contribution in [3.8, 4) is 17.1 Å². The summed E-state index contributed by atoms with van der Waals surface area (Å²) >= 11 is 0. The van der Waals surface area contributed by atoms with Gasteiger partial charge in [0.25, 0.3) is 5.91 Å². The van der Waals surface area contributed by atoms with E-state index in [1.165, 1.54) is 0 Å². The summed E-state index contributed by atoms with van der Waals surface area (Å²) in [4.78, 5) is 33.9. The van der Waals surface area contributed by atoms with Crippen molar-refractivity contribution in [1.82, 2.24) is 24.8 Å². The third-order valence-electron chi connectivity index (χ3n) is 6.68. The third-order valence-corrected chi connectivity index (χ3v) is 6.68.